The Hall–Kier alpha value is -2.50. The van der Waals surface area contributed by atoms with E-state index in [1.165, 1.54) is 25.0 Å². The summed E-state index contributed by atoms with van der Waals surface area (Å²) in [5.41, 5.74) is 0.783. The van der Waals surface area contributed by atoms with Crippen LogP contribution in [-0.2, 0) is 4.79 Å². The molecule has 0 bridgehead atoms. The van der Waals surface area contributed by atoms with Crippen LogP contribution in [0.3, 0.4) is 0 Å². The number of amides is 1. The molecule has 5 nitrogen and oxygen atoms in total. The molecule has 2 heterocycles. The third kappa shape index (κ3) is 4.26. The first-order chi connectivity index (χ1) is 13.2. The summed E-state index contributed by atoms with van der Waals surface area (Å²) in [5.74, 6) is 1.30. The number of carbonyl (C=O) groups is 1. The number of rotatable bonds is 4. The number of aromatic nitrogens is 2. The predicted octanol–water partition coefficient (Wildman–Crippen LogP) is 3.56. The van der Waals surface area contributed by atoms with Crippen molar-refractivity contribution in [1.29, 1.82) is 0 Å². The Morgan fingerprint density at radius 1 is 1.07 bits per heavy atom. The first kappa shape index (κ1) is 17.9. The van der Waals surface area contributed by atoms with Gasteiger partial charge in [0.05, 0.1) is 5.92 Å². The topological polar surface area (TPSA) is 58.1 Å². The van der Waals surface area contributed by atoms with Crippen LogP contribution in [0.5, 0.6) is 0 Å². The molecule has 1 aromatic carbocycles. The van der Waals surface area contributed by atoms with Gasteiger partial charge in [-0.1, -0.05) is 12.8 Å². The van der Waals surface area contributed by atoms with Gasteiger partial charge in [-0.2, -0.15) is 0 Å². The van der Waals surface area contributed by atoms with Gasteiger partial charge in [-0.15, -0.1) is 0 Å². The highest BCUT2D eigenvalue weighted by Crippen LogP contribution is 2.25. The molecule has 0 unspecified atom stereocenters. The summed E-state index contributed by atoms with van der Waals surface area (Å²) in [6, 6.07) is 8.43. The van der Waals surface area contributed by atoms with Crippen LogP contribution < -0.4 is 10.2 Å². The van der Waals surface area contributed by atoms with E-state index >= 15 is 0 Å². The standard InChI is InChI=1S/C21H25FN4O/c22-17-9-7-15(8-10-17)20-23-12-11-19(25-20)26-13-3-4-16(14-26)21(27)24-18-5-1-2-6-18/h7-12,16,18H,1-6,13-14H2,(H,24,27)/t16-/m1/s1. The van der Waals surface area contributed by atoms with Crippen LogP contribution in [0.1, 0.15) is 38.5 Å². The van der Waals surface area contributed by atoms with Gasteiger partial charge in [-0.05, 0) is 56.0 Å². The lowest BCUT2D eigenvalue weighted by Crippen LogP contribution is -2.45. The number of halogens is 1. The van der Waals surface area contributed by atoms with E-state index in [1.54, 1.807) is 18.3 Å². The number of nitrogens with one attached hydrogen (secondary N) is 1. The van der Waals surface area contributed by atoms with Crippen molar-refractivity contribution in [2.24, 2.45) is 5.92 Å². The Morgan fingerprint density at radius 3 is 2.63 bits per heavy atom. The monoisotopic (exact) mass is 368 g/mol. The molecule has 1 aliphatic heterocycles. The van der Waals surface area contributed by atoms with Crippen LogP contribution in [0.2, 0.25) is 0 Å². The molecule has 6 heteroatoms. The third-order valence-electron chi connectivity index (χ3n) is 5.56. The van der Waals surface area contributed by atoms with E-state index in [1.807, 2.05) is 6.07 Å². The average molecular weight is 368 g/mol. The van der Waals surface area contributed by atoms with Gasteiger partial charge in [0.1, 0.15) is 11.6 Å². The van der Waals surface area contributed by atoms with Gasteiger partial charge in [0.2, 0.25) is 5.91 Å². The summed E-state index contributed by atoms with van der Waals surface area (Å²) in [5, 5.41) is 3.23. The predicted molar refractivity (Wildman–Crippen MR) is 103 cm³/mol. The zero-order chi connectivity index (χ0) is 18.6. The fourth-order valence-corrected chi connectivity index (χ4v) is 4.05. The van der Waals surface area contributed by atoms with Crippen molar-refractivity contribution in [3.8, 4) is 11.4 Å². The first-order valence-corrected chi connectivity index (χ1v) is 9.83. The maximum Gasteiger partial charge on any atom is 0.225 e. The summed E-state index contributed by atoms with van der Waals surface area (Å²) < 4.78 is 13.1. The van der Waals surface area contributed by atoms with Crippen molar-refractivity contribution in [3.05, 3.63) is 42.3 Å². The second-order valence-corrected chi connectivity index (χ2v) is 7.52. The normalized spacial score (nSPS) is 20.6. The van der Waals surface area contributed by atoms with Crippen molar-refractivity contribution in [1.82, 2.24) is 15.3 Å². The SMILES string of the molecule is O=C(NC1CCCC1)[C@@H]1CCCN(c2ccnc(-c3ccc(F)cc3)n2)C1. The molecule has 1 saturated carbocycles. The van der Waals surface area contributed by atoms with Crippen molar-refractivity contribution in [2.75, 3.05) is 18.0 Å². The van der Waals surface area contributed by atoms with Gasteiger partial charge in [-0.3, -0.25) is 4.79 Å². The second-order valence-electron chi connectivity index (χ2n) is 7.52. The maximum atomic E-state index is 13.1. The van der Waals surface area contributed by atoms with E-state index in [0.717, 1.165) is 43.6 Å². The van der Waals surface area contributed by atoms with E-state index in [4.69, 9.17) is 0 Å². The minimum atomic E-state index is -0.276. The van der Waals surface area contributed by atoms with Gasteiger partial charge in [0.15, 0.2) is 5.82 Å². The van der Waals surface area contributed by atoms with Gasteiger partial charge in [0, 0.05) is 30.9 Å². The van der Waals surface area contributed by atoms with Crippen LogP contribution in [0.15, 0.2) is 36.5 Å². The molecule has 2 aromatic rings. The summed E-state index contributed by atoms with van der Waals surface area (Å²) in [6.07, 6.45) is 8.26. The van der Waals surface area contributed by atoms with Crippen LogP contribution >= 0.6 is 0 Å². The zero-order valence-electron chi connectivity index (χ0n) is 15.4. The minimum absolute atomic E-state index is 0.00332. The molecule has 1 saturated heterocycles. The van der Waals surface area contributed by atoms with E-state index in [9.17, 15) is 9.18 Å². The molecule has 1 aliphatic carbocycles. The molecular weight excluding hydrogens is 343 g/mol. The molecule has 1 atom stereocenters. The Morgan fingerprint density at radius 2 is 1.85 bits per heavy atom. The van der Waals surface area contributed by atoms with E-state index in [2.05, 4.69) is 20.2 Å². The first-order valence-electron chi connectivity index (χ1n) is 9.83. The fourth-order valence-electron chi connectivity index (χ4n) is 4.05. The molecule has 0 spiro atoms. The van der Waals surface area contributed by atoms with Gasteiger partial charge < -0.3 is 10.2 Å². The molecule has 0 radical (unpaired) electrons. The summed E-state index contributed by atoms with van der Waals surface area (Å²) >= 11 is 0. The highest BCUT2D eigenvalue weighted by Gasteiger charge is 2.28. The van der Waals surface area contributed by atoms with Crippen molar-refractivity contribution in [3.63, 3.8) is 0 Å². The molecule has 2 aliphatic rings. The zero-order valence-corrected chi connectivity index (χ0v) is 15.4. The summed E-state index contributed by atoms with van der Waals surface area (Å²) in [7, 11) is 0. The minimum Gasteiger partial charge on any atom is -0.356 e. The van der Waals surface area contributed by atoms with Gasteiger partial charge in [-0.25, -0.2) is 14.4 Å². The molecule has 142 valence electrons. The smallest absolute Gasteiger partial charge is 0.225 e. The van der Waals surface area contributed by atoms with Crippen molar-refractivity contribution < 1.29 is 9.18 Å². The van der Waals surface area contributed by atoms with Crippen LogP contribution in [0.25, 0.3) is 11.4 Å². The Kier molecular flexibility index (Phi) is 5.32. The Balaban J connectivity index is 1.45. The molecule has 2 fully saturated rings. The summed E-state index contributed by atoms with van der Waals surface area (Å²) in [6.45, 7) is 1.56. The molecule has 1 amide bonds. The van der Waals surface area contributed by atoms with E-state index < -0.39 is 0 Å². The number of anilines is 1. The van der Waals surface area contributed by atoms with Crippen molar-refractivity contribution >= 4 is 11.7 Å². The highest BCUT2D eigenvalue weighted by atomic mass is 19.1. The van der Waals surface area contributed by atoms with E-state index in [-0.39, 0.29) is 17.6 Å². The quantitative estimate of drug-likeness (QED) is 0.897. The van der Waals surface area contributed by atoms with Gasteiger partial charge >= 0.3 is 0 Å². The van der Waals surface area contributed by atoms with Crippen LogP contribution in [0, 0.1) is 11.7 Å². The highest BCUT2D eigenvalue weighted by molar-refractivity contribution is 5.80. The summed E-state index contributed by atoms with van der Waals surface area (Å²) in [4.78, 5) is 23.8. The molecule has 4 rings (SSSR count). The second kappa shape index (κ2) is 8.03. The Labute approximate surface area is 159 Å². The Bertz CT molecular complexity index is 789. The number of hydrogen-bond acceptors (Lipinski definition) is 4. The maximum absolute atomic E-state index is 13.1. The van der Waals surface area contributed by atoms with E-state index in [0.29, 0.717) is 18.4 Å². The molecular formula is C21H25FN4O. The largest absolute Gasteiger partial charge is 0.356 e. The number of hydrogen-bond donors (Lipinski definition) is 1. The van der Waals surface area contributed by atoms with Gasteiger partial charge in [0.25, 0.3) is 0 Å². The van der Waals surface area contributed by atoms with Crippen molar-refractivity contribution in [2.45, 2.75) is 44.6 Å². The lowest BCUT2D eigenvalue weighted by molar-refractivity contribution is -0.125. The van der Waals surface area contributed by atoms with Crippen LogP contribution in [-0.4, -0.2) is 35.0 Å². The number of nitrogens with zero attached hydrogens (tertiary/aromatic N) is 3. The number of piperidine rings is 1. The molecule has 1 N–H and O–H groups in total. The lowest BCUT2D eigenvalue weighted by Gasteiger charge is -2.33. The average Bonchev–Trinajstić information content (AvgIpc) is 3.22. The molecule has 27 heavy (non-hydrogen) atoms. The third-order valence-corrected chi connectivity index (χ3v) is 5.56. The van der Waals surface area contributed by atoms with Crippen LogP contribution in [0.4, 0.5) is 10.2 Å². The lowest BCUT2D eigenvalue weighted by atomic mass is 9.96. The number of benzene rings is 1. The molecule has 1 aromatic heterocycles. The number of carbonyl (C=O) groups excluding carboxylic acids is 1. The fraction of sp³-hybridized carbons (Fsp3) is 0.476.